The van der Waals surface area contributed by atoms with Crippen LogP contribution in [0.5, 0.6) is 5.75 Å². The summed E-state index contributed by atoms with van der Waals surface area (Å²) in [6.45, 7) is 4.33. The molecule has 1 N–H and O–H groups in total. The molecule has 0 amide bonds. The Morgan fingerprint density at radius 3 is 2.60 bits per heavy atom. The first-order valence-corrected chi connectivity index (χ1v) is 8.71. The van der Waals surface area contributed by atoms with E-state index in [-0.39, 0.29) is 0 Å². The summed E-state index contributed by atoms with van der Waals surface area (Å²) in [5.41, 5.74) is 3.96. The van der Waals surface area contributed by atoms with E-state index >= 15 is 0 Å². The number of nitrogens with one attached hydrogen (secondary N) is 1. The van der Waals surface area contributed by atoms with Gasteiger partial charge >= 0.3 is 0 Å². The highest BCUT2D eigenvalue weighted by Crippen LogP contribution is 2.36. The molecule has 3 heteroatoms. The van der Waals surface area contributed by atoms with Gasteiger partial charge in [-0.05, 0) is 74.8 Å². The number of benzene rings is 1. The van der Waals surface area contributed by atoms with Crippen LogP contribution >= 0.6 is 11.8 Å². The van der Waals surface area contributed by atoms with Gasteiger partial charge in [-0.2, -0.15) is 11.8 Å². The Labute approximate surface area is 127 Å². The molecule has 0 spiro atoms. The van der Waals surface area contributed by atoms with E-state index in [2.05, 4.69) is 50.1 Å². The van der Waals surface area contributed by atoms with Gasteiger partial charge in [-0.15, -0.1) is 0 Å². The van der Waals surface area contributed by atoms with E-state index in [0.717, 1.165) is 11.7 Å². The van der Waals surface area contributed by atoms with Crippen molar-refractivity contribution in [2.24, 2.45) is 5.92 Å². The average Bonchev–Trinajstić information content (AvgIpc) is 2.45. The Morgan fingerprint density at radius 1 is 1.30 bits per heavy atom. The van der Waals surface area contributed by atoms with Crippen molar-refractivity contribution < 1.29 is 4.74 Å². The molecule has 1 heterocycles. The predicted molar refractivity (Wildman–Crippen MR) is 88.9 cm³/mol. The molecule has 20 heavy (non-hydrogen) atoms. The zero-order valence-corrected chi connectivity index (χ0v) is 14.0. The van der Waals surface area contributed by atoms with Crippen LogP contribution in [-0.4, -0.2) is 25.7 Å². The summed E-state index contributed by atoms with van der Waals surface area (Å²) in [5, 5.41) is 3.51. The number of rotatable bonds is 5. The number of ether oxygens (including phenoxy) is 1. The van der Waals surface area contributed by atoms with Gasteiger partial charge in [0.25, 0.3) is 0 Å². The molecule has 1 aliphatic heterocycles. The maximum absolute atomic E-state index is 5.63. The highest BCUT2D eigenvalue weighted by molar-refractivity contribution is 7.99. The smallest absolute Gasteiger partial charge is 0.124 e. The minimum absolute atomic E-state index is 0.402. The lowest BCUT2D eigenvalue weighted by atomic mass is 9.88. The Kier molecular flexibility index (Phi) is 5.79. The lowest BCUT2D eigenvalue weighted by Crippen LogP contribution is -2.23. The molecule has 1 saturated heterocycles. The maximum atomic E-state index is 5.63. The van der Waals surface area contributed by atoms with Crippen molar-refractivity contribution in [1.82, 2.24) is 5.32 Å². The first-order valence-electron chi connectivity index (χ1n) is 7.55. The van der Waals surface area contributed by atoms with E-state index in [4.69, 9.17) is 4.74 Å². The molecule has 112 valence electrons. The van der Waals surface area contributed by atoms with Gasteiger partial charge in [0.05, 0.1) is 7.11 Å². The molecular formula is C17H27NOS. The van der Waals surface area contributed by atoms with E-state index in [9.17, 15) is 0 Å². The highest BCUT2D eigenvalue weighted by Gasteiger charge is 2.23. The first-order chi connectivity index (χ1) is 9.65. The zero-order chi connectivity index (χ0) is 14.5. The zero-order valence-electron chi connectivity index (χ0n) is 13.2. The van der Waals surface area contributed by atoms with Gasteiger partial charge in [-0.25, -0.2) is 0 Å². The van der Waals surface area contributed by atoms with Crippen LogP contribution in [0.4, 0.5) is 0 Å². The van der Waals surface area contributed by atoms with Gasteiger partial charge in [0.15, 0.2) is 0 Å². The van der Waals surface area contributed by atoms with Crippen LogP contribution in [0, 0.1) is 19.8 Å². The van der Waals surface area contributed by atoms with E-state index < -0.39 is 0 Å². The molecule has 0 bridgehead atoms. The fourth-order valence-electron chi connectivity index (χ4n) is 3.25. The first kappa shape index (κ1) is 15.7. The number of hydrogen-bond acceptors (Lipinski definition) is 3. The fourth-order valence-corrected chi connectivity index (χ4v) is 4.45. The van der Waals surface area contributed by atoms with Crippen molar-refractivity contribution in [3.63, 3.8) is 0 Å². The third-order valence-corrected chi connectivity index (χ3v) is 5.37. The Hall–Kier alpha value is -0.670. The van der Waals surface area contributed by atoms with Gasteiger partial charge < -0.3 is 10.1 Å². The molecule has 2 nitrogen and oxygen atoms in total. The van der Waals surface area contributed by atoms with Gasteiger partial charge in [-0.3, -0.25) is 0 Å². The highest BCUT2D eigenvalue weighted by atomic mass is 32.2. The summed E-state index contributed by atoms with van der Waals surface area (Å²) in [7, 11) is 3.85. The largest absolute Gasteiger partial charge is 0.496 e. The number of methoxy groups -OCH3 is 1. The summed E-state index contributed by atoms with van der Waals surface area (Å²) in [5.74, 6) is 4.53. The van der Waals surface area contributed by atoms with E-state index in [1.807, 2.05) is 0 Å². The van der Waals surface area contributed by atoms with Crippen LogP contribution < -0.4 is 10.1 Å². The second-order valence-electron chi connectivity index (χ2n) is 5.83. The quantitative estimate of drug-likeness (QED) is 0.883. The molecule has 1 aromatic rings. The molecule has 0 radical (unpaired) electrons. The van der Waals surface area contributed by atoms with Gasteiger partial charge in [0.1, 0.15) is 5.75 Å². The summed E-state index contributed by atoms with van der Waals surface area (Å²) in [6.07, 6.45) is 3.93. The standard InChI is InChI=1S/C17H27NOS/c1-12-9-13(2)17(16(10-12)19-4)15(18-3)11-14-5-7-20-8-6-14/h9-10,14-15,18H,5-8,11H2,1-4H3. The molecule has 0 saturated carbocycles. The van der Waals surface area contributed by atoms with Crippen LogP contribution in [0.15, 0.2) is 12.1 Å². The SMILES string of the molecule is CNC(CC1CCSCC1)c1c(C)cc(C)cc1OC. The average molecular weight is 293 g/mol. The summed E-state index contributed by atoms with van der Waals surface area (Å²) >= 11 is 2.10. The van der Waals surface area contributed by atoms with Crippen molar-refractivity contribution in [2.45, 2.75) is 39.2 Å². The van der Waals surface area contributed by atoms with Gasteiger partial charge in [-0.1, -0.05) is 6.07 Å². The van der Waals surface area contributed by atoms with Crippen molar-refractivity contribution in [2.75, 3.05) is 25.7 Å². The number of hydrogen-bond donors (Lipinski definition) is 1. The lowest BCUT2D eigenvalue weighted by Gasteiger charge is -2.28. The van der Waals surface area contributed by atoms with Gasteiger partial charge in [0, 0.05) is 11.6 Å². The Balaban J connectivity index is 2.21. The lowest BCUT2D eigenvalue weighted by molar-refractivity contribution is 0.362. The number of thioether (sulfide) groups is 1. The molecular weight excluding hydrogens is 266 g/mol. The van der Waals surface area contributed by atoms with Gasteiger partial charge in [0.2, 0.25) is 0 Å². The minimum atomic E-state index is 0.402. The van der Waals surface area contributed by atoms with Crippen molar-refractivity contribution in [3.8, 4) is 5.75 Å². The molecule has 1 aliphatic rings. The maximum Gasteiger partial charge on any atom is 0.124 e. The van der Waals surface area contributed by atoms with Crippen LogP contribution in [0.25, 0.3) is 0 Å². The molecule has 1 aromatic carbocycles. The van der Waals surface area contributed by atoms with Crippen molar-refractivity contribution >= 4 is 11.8 Å². The van der Waals surface area contributed by atoms with Crippen LogP contribution in [0.3, 0.4) is 0 Å². The summed E-state index contributed by atoms with van der Waals surface area (Å²) in [6, 6.07) is 4.82. The number of aryl methyl sites for hydroxylation is 2. The minimum Gasteiger partial charge on any atom is -0.496 e. The molecule has 0 aliphatic carbocycles. The molecule has 1 unspecified atom stereocenters. The second-order valence-corrected chi connectivity index (χ2v) is 7.06. The van der Waals surface area contributed by atoms with Crippen LogP contribution in [0.2, 0.25) is 0 Å². The molecule has 1 atom stereocenters. The summed E-state index contributed by atoms with van der Waals surface area (Å²) < 4.78 is 5.63. The molecule has 0 aromatic heterocycles. The normalized spacial score (nSPS) is 18.0. The Bertz CT molecular complexity index is 441. The van der Waals surface area contributed by atoms with E-state index in [1.165, 1.54) is 47.5 Å². The fraction of sp³-hybridized carbons (Fsp3) is 0.647. The monoisotopic (exact) mass is 293 g/mol. The van der Waals surface area contributed by atoms with E-state index in [1.54, 1.807) is 7.11 Å². The summed E-state index contributed by atoms with van der Waals surface area (Å²) in [4.78, 5) is 0. The van der Waals surface area contributed by atoms with E-state index in [0.29, 0.717) is 6.04 Å². The molecule has 1 fully saturated rings. The van der Waals surface area contributed by atoms with Crippen LogP contribution in [0.1, 0.15) is 42.0 Å². The predicted octanol–water partition coefficient (Wildman–Crippen LogP) is 4.11. The van der Waals surface area contributed by atoms with Crippen molar-refractivity contribution in [3.05, 3.63) is 28.8 Å². The Morgan fingerprint density at radius 2 is 2.00 bits per heavy atom. The third-order valence-electron chi connectivity index (χ3n) is 4.32. The topological polar surface area (TPSA) is 21.3 Å². The van der Waals surface area contributed by atoms with Crippen LogP contribution in [-0.2, 0) is 0 Å². The molecule has 2 rings (SSSR count). The third kappa shape index (κ3) is 3.70. The second kappa shape index (κ2) is 7.37. The van der Waals surface area contributed by atoms with Crippen molar-refractivity contribution in [1.29, 1.82) is 0 Å².